The van der Waals surface area contributed by atoms with Gasteiger partial charge in [-0.15, -0.1) is 0 Å². The van der Waals surface area contributed by atoms with E-state index in [1.165, 1.54) is 77.0 Å². The van der Waals surface area contributed by atoms with E-state index in [4.69, 9.17) is 0 Å². The molecule has 2 heteroatoms. The second-order valence-corrected chi connectivity index (χ2v) is 10.6. The van der Waals surface area contributed by atoms with Gasteiger partial charge in [-0.25, -0.2) is 0 Å². The molecule has 1 aliphatic carbocycles. The maximum atomic E-state index is 2.00. The van der Waals surface area contributed by atoms with Crippen LogP contribution in [0.25, 0.3) is 0 Å². The minimum absolute atomic E-state index is 0. The Morgan fingerprint density at radius 2 is 0.480 bits per heavy atom. The van der Waals surface area contributed by atoms with Gasteiger partial charge in [0.05, 0.1) is 0 Å². The van der Waals surface area contributed by atoms with Gasteiger partial charge in [-0.2, -0.15) is 0 Å². The molecule has 3 aliphatic rings. The fourth-order valence-electron chi connectivity index (χ4n) is 2.43. The predicted molar refractivity (Wildman–Crippen MR) is 127 cm³/mol. The molecule has 0 aromatic heterocycles. The van der Waals surface area contributed by atoms with E-state index in [1.807, 2.05) is 41.5 Å². The molecule has 158 valence electrons. The van der Waals surface area contributed by atoms with Crippen molar-refractivity contribution in [3.8, 4) is 0 Å². The summed E-state index contributed by atoms with van der Waals surface area (Å²) in [4.78, 5) is 0. The van der Waals surface area contributed by atoms with E-state index in [-0.39, 0.29) is 7.43 Å². The molecular weight excluding hydrogens is 434 g/mol. The normalized spacial score (nSPS) is 18.0. The molecule has 0 bridgehead atoms. The Labute approximate surface area is 176 Å². The Hall–Kier alpha value is 1.04. The quantitative estimate of drug-likeness (QED) is 0.235. The average molecular weight is 489 g/mol. The monoisotopic (exact) mass is 490 g/mol. The first-order valence-corrected chi connectivity index (χ1v) is 16.0. The second kappa shape index (κ2) is 39.9. The first-order valence-electron chi connectivity index (χ1n) is 11.2. The van der Waals surface area contributed by atoms with Gasteiger partial charge in [-0.05, 0) is 0 Å². The minimum Gasteiger partial charge on any atom is -0.0683 e. The van der Waals surface area contributed by atoms with E-state index < -0.39 is 0 Å². The Kier molecular flexibility index (Phi) is 53.7. The van der Waals surface area contributed by atoms with Gasteiger partial charge in [0.15, 0.2) is 0 Å². The van der Waals surface area contributed by atoms with E-state index in [9.17, 15) is 0 Å². The summed E-state index contributed by atoms with van der Waals surface area (Å²) in [6, 6.07) is 0. The fourth-order valence-corrected chi connectivity index (χ4v) is 6.72. The van der Waals surface area contributed by atoms with Gasteiger partial charge in [0.1, 0.15) is 0 Å². The molecule has 0 atom stereocenters. The van der Waals surface area contributed by atoms with Gasteiger partial charge in [0, 0.05) is 0 Å². The van der Waals surface area contributed by atoms with Crippen molar-refractivity contribution >= 4 is 29.9 Å². The second-order valence-electron chi connectivity index (χ2n) is 5.47. The first kappa shape index (κ1) is 33.6. The van der Waals surface area contributed by atoms with Gasteiger partial charge in [0.2, 0.25) is 0 Å². The van der Waals surface area contributed by atoms with Crippen molar-refractivity contribution in [2.45, 2.75) is 147 Å². The summed E-state index contributed by atoms with van der Waals surface area (Å²) in [6.45, 7) is 12.0. The van der Waals surface area contributed by atoms with E-state index in [0.717, 1.165) is 29.9 Å². The maximum Gasteiger partial charge on any atom is -0.0683 e. The first-order chi connectivity index (χ1) is 12.0. The topological polar surface area (TPSA) is 0 Å². The van der Waals surface area contributed by atoms with Crippen LogP contribution in [0.1, 0.15) is 126 Å². The molecule has 0 amide bonds. The van der Waals surface area contributed by atoms with Gasteiger partial charge in [-0.1, -0.05) is 93.9 Å². The molecular formula is C23H54Se2. The summed E-state index contributed by atoms with van der Waals surface area (Å²) in [5, 5.41) is 6.25. The molecule has 0 aromatic rings. The van der Waals surface area contributed by atoms with E-state index in [2.05, 4.69) is 0 Å². The summed E-state index contributed by atoms with van der Waals surface area (Å²) >= 11 is 2.12. The van der Waals surface area contributed by atoms with Crippen LogP contribution in [-0.2, 0) is 0 Å². The Balaban J connectivity index is -0.000000114. The van der Waals surface area contributed by atoms with Crippen LogP contribution < -0.4 is 0 Å². The van der Waals surface area contributed by atoms with Crippen molar-refractivity contribution in [2.75, 3.05) is 0 Å². The number of hydrogen-bond acceptors (Lipinski definition) is 0. The Morgan fingerprint density at radius 1 is 0.320 bits per heavy atom. The van der Waals surface area contributed by atoms with E-state index >= 15 is 0 Å². The molecule has 0 N–H and O–H groups in total. The minimum atomic E-state index is 0. The third-order valence-electron chi connectivity index (χ3n) is 3.65. The molecule has 0 aromatic carbocycles. The van der Waals surface area contributed by atoms with Gasteiger partial charge in [-0.3, -0.25) is 0 Å². The van der Waals surface area contributed by atoms with Crippen molar-refractivity contribution in [3.63, 3.8) is 0 Å². The third-order valence-corrected chi connectivity index (χ3v) is 8.50. The number of rotatable bonds is 0. The zero-order chi connectivity index (χ0) is 18.7. The third kappa shape index (κ3) is 36.7. The van der Waals surface area contributed by atoms with E-state index in [0.29, 0.717) is 0 Å². The summed E-state index contributed by atoms with van der Waals surface area (Å²) in [5.74, 6) is 0. The van der Waals surface area contributed by atoms with E-state index in [1.54, 1.807) is 21.3 Å². The largest absolute Gasteiger partial charge is 0.0683 e. The van der Waals surface area contributed by atoms with Crippen molar-refractivity contribution < 1.29 is 0 Å². The van der Waals surface area contributed by atoms with Crippen LogP contribution in [0.4, 0.5) is 0 Å². The molecule has 2 saturated heterocycles. The standard InChI is InChI=1S/C7H14.C5H10Se.C4H8Se.3C2H6.CH4/c1-2-4-6-7-5-3-1;1-2-4-6-5-3-1;1-2-4-5-3-1;3*1-2;/h1-7H2;1-5H2;1-4H2;3*1-2H3;1H4. The van der Waals surface area contributed by atoms with Gasteiger partial charge in [0.25, 0.3) is 0 Å². The van der Waals surface area contributed by atoms with Crippen molar-refractivity contribution in [1.29, 1.82) is 0 Å². The molecule has 2 heterocycles. The molecule has 0 spiro atoms. The average Bonchev–Trinajstić information content (AvgIpc) is 3.16. The predicted octanol–water partition coefficient (Wildman–Crippen LogP) is 9.48. The zero-order valence-electron chi connectivity index (χ0n) is 18.1. The molecule has 1 saturated carbocycles. The van der Waals surface area contributed by atoms with Crippen LogP contribution in [0.3, 0.4) is 0 Å². The summed E-state index contributed by atoms with van der Waals surface area (Å²) in [6.07, 6.45) is 18.1. The molecule has 25 heavy (non-hydrogen) atoms. The van der Waals surface area contributed by atoms with Crippen LogP contribution in [0, 0.1) is 0 Å². The van der Waals surface area contributed by atoms with Crippen molar-refractivity contribution in [2.24, 2.45) is 0 Å². The van der Waals surface area contributed by atoms with Gasteiger partial charge >= 0.3 is 83.3 Å². The maximum absolute atomic E-state index is 2.00. The van der Waals surface area contributed by atoms with Crippen molar-refractivity contribution in [3.05, 3.63) is 0 Å². The molecule has 2 aliphatic heterocycles. The molecule has 3 rings (SSSR count). The van der Waals surface area contributed by atoms with Crippen LogP contribution >= 0.6 is 0 Å². The molecule has 0 unspecified atom stereocenters. The summed E-state index contributed by atoms with van der Waals surface area (Å²) < 4.78 is 0. The molecule has 0 nitrogen and oxygen atoms in total. The zero-order valence-corrected chi connectivity index (χ0v) is 21.6. The smallest absolute Gasteiger partial charge is 0.0683 e. The van der Waals surface area contributed by atoms with Crippen LogP contribution in [0.2, 0.25) is 21.3 Å². The molecule has 0 radical (unpaired) electrons. The summed E-state index contributed by atoms with van der Waals surface area (Å²) in [7, 11) is 0. The Bertz CT molecular complexity index is 113. The molecule has 3 fully saturated rings. The SMILES string of the molecule is C.C1CCCCCC1.C1CC[Se]C1.C1CC[Se]CC1.CC.CC.CC. The number of hydrogen-bond donors (Lipinski definition) is 0. The van der Waals surface area contributed by atoms with Crippen molar-refractivity contribution in [1.82, 2.24) is 0 Å². The summed E-state index contributed by atoms with van der Waals surface area (Å²) in [5.41, 5.74) is 0. The van der Waals surface area contributed by atoms with Crippen LogP contribution in [-0.4, -0.2) is 29.9 Å². The van der Waals surface area contributed by atoms with Gasteiger partial charge < -0.3 is 0 Å². The van der Waals surface area contributed by atoms with Crippen LogP contribution in [0.15, 0.2) is 0 Å². The fraction of sp³-hybridized carbons (Fsp3) is 1.00. The Morgan fingerprint density at radius 3 is 0.600 bits per heavy atom. The van der Waals surface area contributed by atoms with Crippen LogP contribution in [0.5, 0.6) is 0 Å².